The van der Waals surface area contributed by atoms with Crippen LogP contribution in [0.4, 0.5) is 0 Å². The minimum absolute atomic E-state index is 0.0353. The highest BCUT2D eigenvalue weighted by molar-refractivity contribution is 9.10. The van der Waals surface area contributed by atoms with E-state index in [2.05, 4.69) is 40.3 Å². The summed E-state index contributed by atoms with van der Waals surface area (Å²) in [5.74, 6) is 0.258. The van der Waals surface area contributed by atoms with E-state index in [1.165, 1.54) is 0 Å². The van der Waals surface area contributed by atoms with Gasteiger partial charge in [0, 0.05) is 28.6 Å². The van der Waals surface area contributed by atoms with E-state index in [0.29, 0.717) is 12.8 Å². The van der Waals surface area contributed by atoms with Gasteiger partial charge in [-0.1, -0.05) is 41.9 Å². The molecule has 1 N–H and O–H groups in total. The Bertz CT molecular complexity index is 626. The van der Waals surface area contributed by atoms with Crippen LogP contribution in [0.3, 0.4) is 0 Å². The highest BCUT2D eigenvalue weighted by atomic mass is 79.9. The number of hydrogen-bond acceptors (Lipinski definition) is 3. The van der Waals surface area contributed by atoms with E-state index in [9.17, 15) is 4.79 Å². The molecule has 3 nitrogen and oxygen atoms in total. The molecule has 1 aromatic carbocycles. The SMILES string of the molecule is CC1(C)CC(=O)C2=C(C1)NN=C(c1ccc(Br)cc1)C2. The molecular formula is C16H17BrN2O. The summed E-state index contributed by atoms with van der Waals surface area (Å²) < 4.78 is 1.04. The number of hydrogen-bond donors (Lipinski definition) is 1. The smallest absolute Gasteiger partial charge is 0.161 e. The molecule has 0 fully saturated rings. The lowest BCUT2D eigenvalue weighted by Crippen LogP contribution is -2.33. The van der Waals surface area contributed by atoms with Crippen LogP contribution in [0.1, 0.15) is 38.7 Å². The third-order valence-corrected chi connectivity index (χ3v) is 4.37. The number of ketones is 1. The second-order valence-corrected chi connectivity index (χ2v) is 7.17. The summed E-state index contributed by atoms with van der Waals surface area (Å²) >= 11 is 3.43. The fourth-order valence-electron chi connectivity index (χ4n) is 2.82. The van der Waals surface area contributed by atoms with Crippen LogP contribution in [0.2, 0.25) is 0 Å². The summed E-state index contributed by atoms with van der Waals surface area (Å²) in [6.45, 7) is 4.26. The van der Waals surface area contributed by atoms with Crippen molar-refractivity contribution in [3.63, 3.8) is 0 Å². The maximum atomic E-state index is 12.3. The minimum atomic E-state index is 0.0353. The Morgan fingerprint density at radius 2 is 1.90 bits per heavy atom. The Kier molecular flexibility index (Phi) is 3.28. The molecule has 1 aromatic rings. The number of nitrogens with zero attached hydrogens (tertiary/aromatic N) is 1. The first-order valence-corrected chi connectivity index (χ1v) is 7.58. The van der Waals surface area contributed by atoms with Crippen molar-refractivity contribution in [2.75, 3.05) is 0 Å². The molecule has 2 aliphatic rings. The molecule has 104 valence electrons. The maximum absolute atomic E-state index is 12.3. The fraction of sp³-hybridized carbons (Fsp3) is 0.375. The Balaban J connectivity index is 1.87. The Morgan fingerprint density at radius 1 is 1.20 bits per heavy atom. The number of halogens is 1. The molecule has 1 heterocycles. The lowest BCUT2D eigenvalue weighted by atomic mass is 9.74. The van der Waals surface area contributed by atoms with E-state index in [-0.39, 0.29) is 11.2 Å². The second-order valence-electron chi connectivity index (χ2n) is 6.25. The number of nitrogens with one attached hydrogen (secondary N) is 1. The van der Waals surface area contributed by atoms with Crippen molar-refractivity contribution in [2.45, 2.75) is 33.1 Å². The third kappa shape index (κ3) is 2.57. The van der Waals surface area contributed by atoms with Gasteiger partial charge in [0.1, 0.15) is 0 Å². The molecule has 0 aromatic heterocycles. The van der Waals surface area contributed by atoms with Gasteiger partial charge in [-0.2, -0.15) is 5.10 Å². The quantitative estimate of drug-likeness (QED) is 0.850. The van der Waals surface area contributed by atoms with Crippen LogP contribution in [0, 0.1) is 5.41 Å². The number of allylic oxidation sites excluding steroid dienone is 2. The number of carbonyl (C=O) groups excluding carboxylic acids is 1. The zero-order valence-electron chi connectivity index (χ0n) is 11.7. The van der Waals surface area contributed by atoms with Gasteiger partial charge in [0.05, 0.1) is 5.71 Å². The third-order valence-electron chi connectivity index (χ3n) is 3.84. The lowest BCUT2D eigenvalue weighted by Gasteiger charge is -2.33. The van der Waals surface area contributed by atoms with Gasteiger partial charge >= 0.3 is 0 Å². The zero-order chi connectivity index (χ0) is 14.3. The number of Topliss-reactive ketones (excluding diaryl/α,β-unsaturated/α-hetero) is 1. The molecule has 0 spiro atoms. The van der Waals surface area contributed by atoms with Gasteiger partial charge in [0.15, 0.2) is 5.78 Å². The predicted molar refractivity (Wildman–Crippen MR) is 83.5 cm³/mol. The monoisotopic (exact) mass is 332 g/mol. The molecule has 4 heteroatoms. The van der Waals surface area contributed by atoms with Gasteiger partial charge < -0.3 is 0 Å². The van der Waals surface area contributed by atoms with Crippen molar-refractivity contribution in [3.05, 3.63) is 45.6 Å². The summed E-state index contributed by atoms with van der Waals surface area (Å²) in [6.07, 6.45) is 2.16. The Hall–Kier alpha value is -1.42. The van der Waals surface area contributed by atoms with Gasteiger partial charge in [-0.05, 0) is 29.5 Å². The van der Waals surface area contributed by atoms with Crippen molar-refractivity contribution < 1.29 is 4.79 Å². The maximum Gasteiger partial charge on any atom is 0.161 e. The first-order valence-electron chi connectivity index (χ1n) is 6.78. The minimum Gasteiger partial charge on any atom is -0.294 e. The van der Waals surface area contributed by atoms with Gasteiger partial charge in [0.2, 0.25) is 0 Å². The van der Waals surface area contributed by atoms with E-state index in [1.807, 2.05) is 24.3 Å². The summed E-state index contributed by atoms with van der Waals surface area (Å²) in [5.41, 5.74) is 7.06. The van der Waals surface area contributed by atoms with Gasteiger partial charge in [-0.15, -0.1) is 0 Å². The number of rotatable bonds is 1. The van der Waals surface area contributed by atoms with Crippen LogP contribution in [-0.4, -0.2) is 11.5 Å². The topological polar surface area (TPSA) is 41.5 Å². The van der Waals surface area contributed by atoms with Crippen molar-refractivity contribution in [1.82, 2.24) is 5.43 Å². The molecule has 0 radical (unpaired) electrons. The second kappa shape index (κ2) is 4.85. The summed E-state index contributed by atoms with van der Waals surface area (Å²) in [6, 6.07) is 8.03. The van der Waals surface area contributed by atoms with Crippen LogP contribution in [0.15, 0.2) is 45.1 Å². The molecule has 1 aliphatic carbocycles. The average molecular weight is 333 g/mol. The largest absolute Gasteiger partial charge is 0.294 e. The first-order chi connectivity index (χ1) is 9.44. The fourth-order valence-corrected chi connectivity index (χ4v) is 3.08. The molecule has 0 saturated carbocycles. The summed E-state index contributed by atoms with van der Waals surface area (Å²) in [4.78, 5) is 12.3. The normalized spacial score (nSPS) is 21.1. The van der Waals surface area contributed by atoms with Crippen molar-refractivity contribution in [1.29, 1.82) is 0 Å². The number of benzene rings is 1. The van der Waals surface area contributed by atoms with Crippen LogP contribution in [0.5, 0.6) is 0 Å². The predicted octanol–water partition coefficient (Wildman–Crippen LogP) is 3.79. The van der Waals surface area contributed by atoms with Crippen LogP contribution in [0.25, 0.3) is 0 Å². The molecule has 0 atom stereocenters. The Labute approximate surface area is 127 Å². The van der Waals surface area contributed by atoms with Crippen LogP contribution < -0.4 is 5.43 Å². The summed E-state index contributed by atoms with van der Waals surface area (Å²) in [5, 5.41) is 4.45. The lowest BCUT2D eigenvalue weighted by molar-refractivity contribution is -0.118. The van der Waals surface area contributed by atoms with E-state index < -0.39 is 0 Å². The van der Waals surface area contributed by atoms with Crippen molar-refractivity contribution >= 4 is 27.4 Å². The molecular weight excluding hydrogens is 316 g/mol. The van der Waals surface area contributed by atoms with E-state index in [0.717, 1.165) is 33.4 Å². The molecule has 0 bridgehead atoms. The van der Waals surface area contributed by atoms with Crippen LogP contribution in [-0.2, 0) is 4.79 Å². The summed E-state index contributed by atoms with van der Waals surface area (Å²) in [7, 11) is 0. The van der Waals surface area contributed by atoms with Gasteiger partial charge in [-0.3, -0.25) is 10.2 Å². The Morgan fingerprint density at radius 3 is 2.60 bits per heavy atom. The van der Waals surface area contributed by atoms with Gasteiger partial charge in [-0.25, -0.2) is 0 Å². The van der Waals surface area contributed by atoms with E-state index >= 15 is 0 Å². The molecule has 0 amide bonds. The van der Waals surface area contributed by atoms with Gasteiger partial charge in [0.25, 0.3) is 0 Å². The molecule has 3 rings (SSSR count). The molecule has 1 aliphatic heterocycles. The van der Waals surface area contributed by atoms with E-state index in [1.54, 1.807) is 0 Å². The highest BCUT2D eigenvalue weighted by Gasteiger charge is 2.34. The standard InChI is InChI=1S/C16H17BrN2O/c1-16(2)8-14-12(15(20)9-16)7-13(18-19-14)10-3-5-11(17)6-4-10/h3-6,19H,7-9H2,1-2H3. The van der Waals surface area contributed by atoms with E-state index in [4.69, 9.17) is 0 Å². The number of hydrazone groups is 1. The number of carbonyl (C=O) groups is 1. The highest BCUT2D eigenvalue weighted by Crippen LogP contribution is 2.38. The molecule has 0 unspecified atom stereocenters. The van der Waals surface area contributed by atoms with Crippen molar-refractivity contribution in [2.24, 2.45) is 10.5 Å². The average Bonchev–Trinajstić information content (AvgIpc) is 2.38. The van der Waals surface area contributed by atoms with Crippen molar-refractivity contribution in [3.8, 4) is 0 Å². The first kappa shape index (κ1) is 13.6. The zero-order valence-corrected chi connectivity index (χ0v) is 13.3. The molecule has 0 saturated heterocycles. The van der Waals surface area contributed by atoms with Crippen LogP contribution >= 0.6 is 15.9 Å². The molecule has 20 heavy (non-hydrogen) atoms.